The van der Waals surface area contributed by atoms with Crippen LogP contribution in [0.15, 0.2) is 47.1 Å². The number of aromatic nitrogens is 3. The Morgan fingerprint density at radius 2 is 2.14 bits per heavy atom. The Hall–Kier alpha value is -2.96. The van der Waals surface area contributed by atoms with Crippen LogP contribution in [-0.2, 0) is 6.61 Å². The number of benzene rings is 1. The summed E-state index contributed by atoms with van der Waals surface area (Å²) < 4.78 is 23.3. The van der Waals surface area contributed by atoms with Crippen molar-refractivity contribution in [1.82, 2.24) is 15.1 Å². The first kappa shape index (κ1) is 13.0. The Balaban J connectivity index is 1.69. The van der Waals surface area contributed by atoms with Gasteiger partial charge in [0.1, 0.15) is 17.3 Å². The number of pyridine rings is 1. The molecule has 0 fully saturated rings. The van der Waals surface area contributed by atoms with Gasteiger partial charge in [0, 0.05) is 11.8 Å². The zero-order chi connectivity index (χ0) is 14.7. The minimum absolute atomic E-state index is 0.109. The second-order valence-corrected chi connectivity index (χ2v) is 4.23. The molecule has 0 unspecified atom stereocenters. The van der Waals surface area contributed by atoms with Crippen molar-refractivity contribution >= 4 is 5.69 Å². The minimum Gasteiger partial charge on any atom is -0.484 e. The average Bonchev–Trinajstić information content (AvgIpc) is 2.95. The van der Waals surface area contributed by atoms with Crippen molar-refractivity contribution in [2.24, 2.45) is 0 Å². The molecule has 0 amide bonds. The molecule has 2 aromatic heterocycles. The van der Waals surface area contributed by atoms with E-state index in [1.165, 1.54) is 12.1 Å². The van der Waals surface area contributed by atoms with Gasteiger partial charge in [-0.2, -0.15) is 4.98 Å². The number of nitrogens with zero attached hydrogens (tertiary/aromatic N) is 3. The second kappa shape index (κ2) is 5.58. The van der Waals surface area contributed by atoms with Gasteiger partial charge in [0.05, 0.1) is 6.20 Å². The lowest BCUT2D eigenvalue weighted by atomic mass is 10.3. The van der Waals surface area contributed by atoms with Gasteiger partial charge in [-0.1, -0.05) is 11.2 Å². The molecule has 3 rings (SSSR count). The minimum atomic E-state index is -0.424. The van der Waals surface area contributed by atoms with E-state index in [4.69, 9.17) is 15.0 Å². The van der Waals surface area contributed by atoms with Crippen molar-refractivity contribution in [3.8, 4) is 17.3 Å². The molecule has 6 nitrogen and oxygen atoms in total. The molecular weight excluding hydrogens is 275 g/mol. The van der Waals surface area contributed by atoms with E-state index in [1.54, 1.807) is 24.3 Å². The molecule has 0 saturated carbocycles. The van der Waals surface area contributed by atoms with Crippen molar-refractivity contribution in [2.45, 2.75) is 6.61 Å². The molecule has 0 spiro atoms. The molecule has 106 valence electrons. The number of anilines is 1. The highest BCUT2D eigenvalue weighted by Crippen LogP contribution is 2.17. The van der Waals surface area contributed by atoms with E-state index in [2.05, 4.69) is 15.1 Å². The first-order valence-electron chi connectivity index (χ1n) is 6.13. The summed E-state index contributed by atoms with van der Waals surface area (Å²) in [6, 6.07) is 9.77. The van der Waals surface area contributed by atoms with Crippen LogP contribution in [-0.4, -0.2) is 15.1 Å². The van der Waals surface area contributed by atoms with E-state index in [1.807, 2.05) is 0 Å². The normalized spacial score (nSPS) is 10.5. The van der Waals surface area contributed by atoms with E-state index in [9.17, 15) is 4.39 Å². The molecule has 0 bridgehead atoms. The van der Waals surface area contributed by atoms with Crippen LogP contribution >= 0.6 is 0 Å². The number of hydrogen-bond acceptors (Lipinski definition) is 6. The van der Waals surface area contributed by atoms with Crippen LogP contribution in [0, 0.1) is 5.82 Å². The zero-order valence-corrected chi connectivity index (χ0v) is 10.9. The molecule has 0 atom stereocenters. The van der Waals surface area contributed by atoms with Gasteiger partial charge in [-0.25, -0.2) is 9.37 Å². The number of nitrogens with two attached hydrogens (primary N) is 1. The summed E-state index contributed by atoms with van der Waals surface area (Å²) in [6.45, 7) is 0.109. The highest BCUT2D eigenvalue weighted by Gasteiger charge is 2.10. The Kier molecular flexibility index (Phi) is 3.46. The summed E-state index contributed by atoms with van der Waals surface area (Å²) in [5.41, 5.74) is 6.68. The van der Waals surface area contributed by atoms with Crippen molar-refractivity contribution in [3.05, 3.63) is 54.3 Å². The van der Waals surface area contributed by atoms with Crippen molar-refractivity contribution < 1.29 is 13.7 Å². The maximum absolute atomic E-state index is 12.8. The summed E-state index contributed by atoms with van der Waals surface area (Å²) in [5.74, 6) is 0.752. The Bertz CT molecular complexity index is 743. The maximum Gasteiger partial charge on any atom is 0.264 e. The van der Waals surface area contributed by atoms with Gasteiger partial charge < -0.3 is 15.0 Å². The topological polar surface area (TPSA) is 87.1 Å². The Morgan fingerprint density at radius 3 is 2.90 bits per heavy atom. The SMILES string of the molecule is Nc1cccc(OCc2nc(-c3ccc(F)cn3)no2)c1. The molecule has 2 heterocycles. The summed E-state index contributed by atoms with van der Waals surface area (Å²) in [4.78, 5) is 8.00. The van der Waals surface area contributed by atoms with E-state index in [0.29, 0.717) is 23.0 Å². The number of hydrogen-bond donors (Lipinski definition) is 1. The predicted octanol–water partition coefficient (Wildman–Crippen LogP) is 2.43. The van der Waals surface area contributed by atoms with Crippen molar-refractivity contribution in [3.63, 3.8) is 0 Å². The van der Waals surface area contributed by atoms with E-state index in [0.717, 1.165) is 6.20 Å². The van der Waals surface area contributed by atoms with Gasteiger partial charge in [-0.15, -0.1) is 0 Å². The lowest BCUT2D eigenvalue weighted by molar-refractivity contribution is 0.243. The number of rotatable bonds is 4. The number of ether oxygens (including phenoxy) is 1. The first-order chi connectivity index (χ1) is 10.2. The molecule has 0 aliphatic heterocycles. The molecule has 3 aromatic rings. The van der Waals surface area contributed by atoms with Gasteiger partial charge >= 0.3 is 0 Å². The van der Waals surface area contributed by atoms with Crippen molar-refractivity contribution in [2.75, 3.05) is 5.73 Å². The molecule has 0 saturated heterocycles. The van der Waals surface area contributed by atoms with Gasteiger partial charge in [0.25, 0.3) is 5.89 Å². The van der Waals surface area contributed by atoms with Crippen LogP contribution in [0.2, 0.25) is 0 Å². The monoisotopic (exact) mass is 286 g/mol. The molecule has 0 radical (unpaired) electrons. The second-order valence-electron chi connectivity index (χ2n) is 4.23. The quantitative estimate of drug-likeness (QED) is 0.741. The fraction of sp³-hybridized carbons (Fsp3) is 0.0714. The number of halogens is 1. The standard InChI is InChI=1S/C14H11FN4O2/c15-9-4-5-12(17-7-9)14-18-13(21-19-14)8-20-11-3-1-2-10(16)6-11/h1-7H,8,16H2. The third kappa shape index (κ3) is 3.14. The third-order valence-corrected chi connectivity index (χ3v) is 2.64. The molecule has 7 heteroatoms. The Morgan fingerprint density at radius 1 is 1.24 bits per heavy atom. The largest absolute Gasteiger partial charge is 0.484 e. The molecular formula is C14H11FN4O2. The fourth-order valence-corrected chi connectivity index (χ4v) is 1.68. The van der Waals surface area contributed by atoms with Crippen LogP contribution in [0.25, 0.3) is 11.5 Å². The third-order valence-electron chi connectivity index (χ3n) is 2.64. The number of nitrogen functional groups attached to an aromatic ring is 1. The van der Waals surface area contributed by atoms with Crippen LogP contribution in [0.5, 0.6) is 5.75 Å². The van der Waals surface area contributed by atoms with Gasteiger partial charge in [0.15, 0.2) is 6.61 Å². The van der Waals surface area contributed by atoms with Gasteiger partial charge in [0.2, 0.25) is 5.82 Å². The van der Waals surface area contributed by atoms with Crippen LogP contribution in [0.1, 0.15) is 5.89 Å². The molecule has 0 aliphatic rings. The van der Waals surface area contributed by atoms with E-state index < -0.39 is 5.82 Å². The molecule has 21 heavy (non-hydrogen) atoms. The lowest BCUT2D eigenvalue weighted by Gasteiger charge is -2.03. The van der Waals surface area contributed by atoms with Crippen LogP contribution < -0.4 is 10.5 Å². The smallest absolute Gasteiger partial charge is 0.264 e. The highest BCUT2D eigenvalue weighted by atomic mass is 19.1. The molecule has 1 aromatic carbocycles. The van der Waals surface area contributed by atoms with Crippen LogP contribution in [0.3, 0.4) is 0 Å². The summed E-state index contributed by atoms with van der Waals surface area (Å²) in [5, 5.41) is 3.77. The fourth-order valence-electron chi connectivity index (χ4n) is 1.68. The highest BCUT2D eigenvalue weighted by molar-refractivity contribution is 5.47. The molecule has 2 N–H and O–H groups in total. The summed E-state index contributed by atoms with van der Waals surface area (Å²) in [6.07, 6.45) is 1.09. The molecule has 0 aliphatic carbocycles. The lowest BCUT2D eigenvalue weighted by Crippen LogP contribution is -1.96. The van der Waals surface area contributed by atoms with Gasteiger partial charge in [-0.05, 0) is 24.3 Å². The maximum atomic E-state index is 12.8. The predicted molar refractivity (Wildman–Crippen MR) is 72.7 cm³/mol. The first-order valence-corrected chi connectivity index (χ1v) is 6.13. The summed E-state index contributed by atoms with van der Waals surface area (Å²) >= 11 is 0. The van der Waals surface area contributed by atoms with E-state index in [-0.39, 0.29) is 12.4 Å². The van der Waals surface area contributed by atoms with Gasteiger partial charge in [-0.3, -0.25) is 0 Å². The van der Waals surface area contributed by atoms with E-state index >= 15 is 0 Å². The summed E-state index contributed by atoms with van der Waals surface area (Å²) in [7, 11) is 0. The Labute approximate surface area is 119 Å². The van der Waals surface area contributed by atoms with Crippen LogP contribution in [0.4, 0.5) is 10.1 Å². The van der Waals surface area contributed by atoms with Crippen molar-refractivity contribution in [1.29, 1.82) is 0 Å². The zero-order valence-electron chi connectivity index (χ0n) is 10.9. The average molecular weight is 286 g/mol.